The number of nitrogens with two attached hydrogens (primary N) is 1. The quantitative estimate of drug-likeness (QED) is 0.483. The molecule has 4 N–H and O–H groups in total. The van der Waals surface area contributed by atoms with E-state index in [1.165, 1.54) is 0 Å². The van der Waals surface area contributed by atoms with E-state index in [-0.39, 0.29) is 36.5 Å². The number of rotatable bonds is 6. The number of aromatic nitrogens is 5. The molecule has 1 amide bonds. The van der Waals surface area contributed by atoms with Gasteiger partial charge in [0.25, 0.3) is 5.91 Å². The number of halogens is 2. The predicted molar refractivity (Wildman–Crippen MR) is 117 cm³/mol. The van der Waals surface area contributed by atoms with Gasteiger partial charge in [-0.1, -0.05) is 0 Å². The molecule has 3 aromatic heterocycles. The highest BCUT2D eigenvalue weighted by Crippen LogP contribution is 2.28. The largest absolute Gasteiger partial charge is 0.379 e. The van der Waals surface area contributed by atoms with Gasteiger partial charge in [0.15, 0.2) is 17.3 Å². The summed E-state index contributed by atoms with van der Waals surface area (Å²) in [4.78, 5) is 23.9. The van der Waals surface area contributed by atoms with Crippen LogP contribution in [0.2, 0.25) is 0 Å². The molecule has 0 spiro atoms. The van der Waals surface area contributed by atoms with Crippen molar-refractivity contribution in [2.75, 3.05) is 45.0 Å². The van der Waals surface area contributed by atoms with Crippen molar-refractivity contribution in [3.05, 3.63) is 18.0 Å². The van der Waals surface area contributed by atoms with Crippen molar-refractivity contribution in [1.82, 2.24) is 40.4 Å². The molecule has 0 aromatic carbocycles. The zero-order valence-electron chi connectivity index (χ0n) is 16.5. The lowest BCUT2D eigenvalue weighted by molar-refractivity contribution is 0.0948. The summed E-state index contributed by atoms with van der Waals surface area (Å²) >= 11 is 0. The van der Waals surface area contributed by atoms with Crippen LogP contribution in [0.5, 0.6) is 0 Å². The molecule has 30 heavy (non-hydrogen) atoms. The zero-order valence-corrected chi connectivity index (χ0v) is 18.1. The van der Waals surface area contributed by atoms with Gasteiger partial charge in [-0.3, -0.25) is 14.7 Å². The number of amides is 1. The molecule has 164 valence electrons. The number of fused-ring (bicyclic) bond motifs is 1. The number of carbonyl (C=O) groups excluding carboxylic acids is 1. The molecule has 0 bridgehead atoms. The minimum atomic E-state index is -0.180. The second kappa shape index (κ2) is 10.5. The topological polar surface area (TPSA) is 140 Å². The molecule has 4 heterocycles. The minimum Gasteiger partial charge on any atom is -0.379 e. The Morgan fingerprint density at radius 1 is 1.27 bits per heavy atom. The van der Waals surface area contributed by atoms with Crippen LogP contribution in [0.4, 0.5) is 5.82 Å². The standard InChI is InChI=1S/C17H23N9O2.2ClH/c1-2-26-14-11(17(27)21-5-8-25-6-3-19-4-7-25)9-20-10-12(14)22-16(26)13-15(18)24-28-23-13;;/h9-10,19H,2-8H2,1H3,(H2,18,24)(H,21,27);2*1H. The number of piperazine rings is 1. The Kier molecular flexibility index (Phi) is 8.35. The minimum absolute atomic E-state index is 0. The number of nitrogens with one attached hydrogen (secondary N) is 2. The van der Waals surface area contributed by atoms with Crippen molar-refractivity contribution < 1.29 is 9.42 Å². The van der Waals surface area contributed by atoms with Crippen molar-refractivity contribution in [3.8, 4) is 11.5 Å². The van der Waals surface area contributed by atoms with Crippen molar-refractivity contribution in [3.63, 3.8) is 0 Å². The van der Waals surface area contributed by atoms with E-state index < -0.39 is 0 Å². The van der Waals surface area contributed by atoms with E-state index in [1.54, 1.807) is 12.4 Å². The fourth-order valence-electron chi connectivity index (χ4n) is 3.45. The summed E-state index contributed by atoms with van der Waals surface area (Å²) in [6.07, 6.45) is 3.18. The third kappa shape index (κ3) is 4.64. The summed E-state index contributed by atoms with van der Waals surface area (Å²) in [6.45, 7) is 7.87. The van der Waals surface area contributed by atoms with Crippen LogP contribution >= 0.6 is 24.8 Å². The van der Waals surface area contributed by atoms with E-state index in [1.807, 2.05) is 11.5 Å². The molecule has 0 unspecified atom stereocenters. The lowest BCUT2D eigenvalue weighted by atomic mass is 10.2. The van der Waals surface area contributed by atoms with E-state index in [0.29, 0.717) is 41.2 Å². The number of anilines is 1. The lowest BCUT2D eigenvalue weighted by Crippen LogP contribution is -2.46. The maximum absolute atomic E-state index is 12.8. The molecule has 1 saturated heterocycles. The van der Waals surface area contributed by atoms with Crippen LogP contribution in [-0.4, -0.2) is 74.9 Å². The van der Waals surface area contributed by atoms with E-state index in [9.17, 15) is 4.79 Å². The van der Waals surface area contributed by atoms with Crippen molar-refractivity contribution >= 4 is 47.6 Å². The average Bonchev–Trinajstić information content (AvgIpc) is 3.31. The third-order valence-corrected chi connectivity index (χ3v) is 4.86. The van der Waals surface area contributed by atoms with Crippen molar-refractivity contribution in [2.24, 2.45) is 0 Å². The van der Waals surface area contributed by atoms with Crippen LogP contribution < -0.4 is 16.4 Å². The number of aryl methyl sites for hydroxylation is 1. The summed E-state index contributed by atoms with van der Waals surface area (Å²) in [5.74, 6) is 0.472. The molecular formula is C17H25Cl2N9O2. The van der Waals surface area contributed by atoms with Gasteiger partial charge in [0.2, 0.25) is 0 Å². The van der Waals surface area contributed by atoms with Gasteiger partial charge in [-0.25, -0.2) is 9.61 Å². The molecule has 0 atom stereocenters. The maximum Gasteiger partial charge on any atom is 0.255 e. The highest BCUT2D eigenvalue weighted by molar-refractivity contribution is 6.05. The Labute approximate surface area is 185 Å². The Bertz CT molecular complexity index is 985. The van der Waals surface area contributed by atoms with E-state index in [4.69, 9.17) is 10.4 Å². The van der Waals surface area contributed by atoms with Gasteiger partial charge in [0.05, 0.1) is 17.3 Å². The molecule has 0 radical (unpaired) electrons. The summed E-state index contributed by atoms with van der Waals surface area (Å²) in [5, 5.41) is 13.8. The van der Waals surface area contributed by atoms with Gasteiger partial charge in [0, 0.05) is 52.0 Å². The number of pyridine rings is 1. The van der Waals surface area contributed by atoms with E-state index in [0.717, 1.165) is 32.7 Å². The van der Waals surface area contributed by atoms with Gasteiger partial charge in [-0.15, -0.1) is 24.8 Å². The Hall–Kier alpha value is -2.47. The molecule has 1 fully saturated rings. The summed E-state index contributed by atoms with van der Waals surface area (Å²) in [5.41, 5.74) is 7.93. The number of nitrogens with zero attached hydrogens (tertiary/aromatic N) is 6. The van der Waals surface area contributed by atoms with Gasteiger partial charge in [-0.2, -0.15) is 0 Å². The number of hydrogen-bond acceptors (Lipinski definition) is 9. The van der Waals surface area contributed by atoms with E-state index >= 15 is 0 Å². The lowest BCUT2D eigenvalue weighted by Gasteiger charge is -2.27. The molecule has 0 saturated carbocycles. The Morgan fingerprint density at radius 3 is 2.70 bits per heavy atom. The first-order chi connectivity index (χ1) is 13.7. The number of nitrogen functional groups attached to an aromatic ring is 1. The summed E-state index contributed by atoms with van der Waals surface area (Å²) in [6, 6.07) is 0. The van der Waals surface area contributed by atoms with Crippen LogP contribution in [-0.2, 0) is 6.54 Å². The van der Waals surface area contributed by atoms with Crippen LogP contribution in [0, 0.1) is 0 Å². The molecule has 4 rings (SSSR count). The van der Waals surface area contributed by atoms with Crippen molar-refractivity contribution in [1.29, 1.82) is 0 Å². The smallest absolute Gasteiger partial charge is 0.255 e. The van der Waals surface area contributed by atoms with Crippen LogP contribution in [0.25, 0.3) is 22.6 Å². The summed E-state index contributed by atoms with van der Waals surface area (Å²) in [7, 11) is 0. The van der Waals surface area contributed by atoms with Crippen molar-refractivity contribution in [2.45, 2.75) is 13.5 Å². The monoisotopic (exact) mass is 457 g/mol. The molecule has 3 aromatic rings. The molecule has 1 aliphatic heterocycles. The van der Waals surface area contributed by atoms with Gasteiger partial charge < -0.3 is 20.9 Å². The second-order valence-electron chi connectivity index (χ2n) is 6.58. The third-order valence-electron chi connectivity index (χ3n) is 4.86. The molecule has 13 heteroatoms. The van der Waals surface area contributed by atoms with Gasteiger partial charge >= 0.3 is 0 Å². The first-order valence-electron chi connectivity index (χ1n) is 9.33. The molecule has 0 aliphatic carbocycles. The van der Waals surface area contributed by atoms with Crippen LogP contribution in [0.3, 0.4) is 0 Å². The maximum atomic E-state index is 12.8. The predicted octanol–water partition coefficient (Wildman–Crippen LogP) is 0.562. The molecule has 1 aliphatic rings. The van der Waals surface area contributed by atoms with E-state index in [2.05, 4.69) is 35.8 Å². The highest BCUT2D eigenvalue weighted by Gasteiger charge is 2.22. The van der Waals surface area contributed by atoms with Crippen LogP contribution in [0.15, 0.2) is 17.0 Å². The highest BCUT2D eigenvalue weighted by atomic mass is 35.5. The number of imidazole rings is 1. The Balaban J connectivity index is 0.00000160. The second-order valence-corrected chi connectivity index (χ2v) is 6.58. The average molecular weight is 458 g/mol. The SMILES string of the molecule is CCn1c(-c2nonc2N)nc2cncc(C(=O)NCCN3CCNCC3)c21.Cl.Cl. The zero-order chi connectivity index (χ0) is 19.5. The number of carbonyl (C=O) groups is 1. The molecular weight excluding hydrogens is 433 g/mol. The normalized spacial score (nSPS) is 14.2. The number of hydrogen-bond donors (Lipinski definition) is 3. The molecule has 11 nitrogen and oxygen atoms in total. The first kappa shape index (κ1) is 23.8. The van der Waals surface area contributed by atoms with Gasteiger partial charge in [-0.05, 0) is 17.2 Å². The first-order valence-corrected chi connectivity index (χ1v) is 9.33. The fourth-order valence-corrected chi connectivity index (χ4v) is 3.45. The summed E-state index contributed by atoms with van der Waals surface area (Å²) < 4.78 is 6.57. The van der Waals surface area contributed by atoms with Gasteiger partial charge in [0.1, 0.15) is 5.52 Å². The van der Waals surface area contributed by atoms with Crippen LogP contribution in [0.1, 0.15) is 17.3 Å². The fraction of sp³-hybridized carbons (Fsp3) is 0.471. The Morgan fingerprint density at radius 2 is 2.03 bits per heavy atom.